The van der Waals surface area contributed by atoms with Gasteiger partial charge in [-0.3, -0.25) is 14.5 Å². The molecule has 2 N–H and O–H groups in total. The molecule has 1 fully saturated rings. The molecule has 0 saturated carbocycles. The van der Waals surface area contributed by atoms with Crippen molar-refractivity contribution in [1.82, 2.24) is 25.2 Å². The summed E-state index contributed by atoms with van der Waals surface area (Å²) in [6.45, 7) is 7.26. The molecule has 3 heterocycles. The zero-order chi connectivity index (χ0) is 22.1. The number of piperazine rings is 1. The summed E-state index contributed by atoms with van der Waals surface area (Å²) >= 11 is 0. The summed E-state index contributed by atoms with van der Waals surface area (Å²) in [7, 11) is 1.58. The van der Waals surface area contributed by atoms with Crippen molar-refractivity contribution in [3.8, 4) is 0 Å². The van der Waals surface area contributed by atoms with Gasteiger partial charge >= 0.3 is 0 Å². The van der Waals surface area contributed by atoms with Gasteiger partial charge < -0.3 is 15.2 Å². The van der Waals surface area contributed by atoms with Crippen LogP contribution in [0.1, 0.15) is 27.3 Å². The number of benzene rings is 1. The first-order valence-electron chi connectivity index (χ1n) is 10.2. The van der Waals surface area contributed by atoms with E-state index in [-0.39, 0.29) is 22.7 Å². The lowest BCUT2D eigenvalue weighted by Crippen LogP contribution is -2.46. The van der Waals surface area contributed by atoms with Crippen molar-refractivity contribution in [3.05, 3.63) is 63.1 Å². The van der Waals surface area contributed by atoms with E-state index in [9.17, 15) is 14.0 Å². The Labute approximate surface area is 179 Å². The molecule has 3 aromatic rings. The van der Waals surface area contributed by atoms with Crippen molar-refractivity contribution in [1.29, 1.82) is 0 Å². The van der Waals surface area contributed by atoms with Gasteiger partial charge in [0.1, 0.15) is 16.9 Å². The van der Waals surface area contributed by atoms with E-state index >= 15 is 0 Å². The Balaban J connectivity index is 1.46. The van der Waals surface area contributed by atoms with E-state index in [1.54, 1.807) is 26.2 Å². The first kappa shape index (κ1) is 20.9. The van der Waals surface area contributed by atoms with E-state index in [1.807, 2.05) is 13.0 Å². The van der Waals surface area contributed by atoms with E-state index in [4.69, 9.17) is 0 Å². The number of carbonyl (C=O) groups excluding carboxylic acids is 1. The van der Waals surface area contributed by atoms with Gasteiger partial charge in [0.05, 0.1) is 17.4 Å². The van der Waals surface area contributed by atoms with Crippen molar-refractivity contribution >= 4 is 22.6 Å². The Bertz CT molecular complexity index is 1180. The normalized spacial score (nSPS) is 14.8. The smallest absolute Gasteiger partial charge is 0.269 e. The van der Waals surface area contributed by atoms with Gasteiger partial charge in [-0.15, -0.1) is 0 Å². The number of amides is 1. The van der Waals surface area contributed by atoms with Gasteiger partial charge in [-0.05, 0) is 43.2 Å². The van der Waals surface area contributed by atoms with E-state index < -0.39 is 5.82 Å². The molecule has 1 aromatic carbocycles. The third-order valence-electron chi connectivity index (χ3n) is 5.81. The molecular weight excluding hydrogens is 399 g/mol. The van der Waals surface area contributed by atoms with Crippen LogP contribution in [0.15, 0.2) is 29.2 Å². The highest BCUT2D eigenvalue weighted by molar-refractivity contribution is 5.92. The molecule has 1 aliphatic heterocycles. The quantitative estimate of drug-likeness (QED) is 0.663. The predicted octanol–water partition coefficient (Wildman–Crippen LogP) is 1.76. The zero-order valence-electron chi connectivity index (χ0n) is 17.8. The van der Waals surface area contributed by atoms with Gasteiger partial charge in [0, 0.05) is 39.8 Å². The van der Waals surface area contributed by atoms with Gasteiger partial charge in [0.25, 0.3) is 11.5 Å². The molecule has 0 radical (unpaired) electrons. The van der Waals surface area contributed by atoms with Crippen LogP contribution in [0.2, 0.25) is 0 Å². The Hall–Kier alpha value is -3.33. The largest absolute Gasteiger partial charge is 0.368 e. The summed E-state index contributed by atoms with van der Waals surface area (Å²) in [6, 6.07) is 5.15. The van der Waals surface area contributed by atoms with Gasteiger partial charge in [-0.1, -0.05) is 0 Å². The topological polar surface area (TPSA) is 94.2 Å². The molecule has 0 unspecified atom stereocenters. The summed E-state index contributed by atoms with van der Waals surface area (Å²) in [6.07, 6.45) is 1.72. The first-order valence-corrected chi connectivity index (χ1v) is 10.2. The molecule has 31 heavy (non-hydrogen) atoms. The second kappa shape index (κ2) is 8.43. The van der Waals surface area contributed by atoms with Crippen LogP contribution < -0.4 is 15.8 Å². The van der Waals surface area contributed by atoms with E-state index in [0.717, 1.165) is 43.0 Å². The van der Waals surface area contributed by atoms with Crippen LogP contribution in [0.3, 0.4) is 0 Å². The maximum Gasteiger partial charge on any atom is 0.269 e. The number of halogens is 1. The van der Waals surface area contributed by atoms with Crippen LogP contribution in [-0.2, 0) is 6.54 Å². The van der Waals surface area contributed by atoms with Crippen molar-refractivity contribution in [2.45, 2.75) is 20.4 Å². The predicted molar refractivity (Wildman–Crippen MR) is 117 cm³/mol. The summed E-state index contributed by atoms with van der Waals surface area (Å²) < 4.78 is 14.6. The third kappa shape index (κ3) is 4.13. The number of aryl methyl sites for hydroxylation is 2. The first-order chi connectivity index (χ1) is 14.9. The number of anilines is 1. The number of nitrogens with one attached hydrogen (secondary N) is 2. The maximum atomic E-state index is 14.6. The summed E-state index contributed by atoms with van der Waals surface area (Å²) in [5, 5.41) is 2.56. The Morgan fingerprint density at radius 1 is 1.23 bits per heavy atom. The van der Waals surface area contributed by atoms with E-state index in [2.05, 4.69) is 30.1 Å². The number of aromatic nitrogens is 3. The average Bonchev–Trinajstić information content (AvgIpc) is 2.78. The zero-order valence-corrected chi connectivity index (χ0v) is 17.8. The third-order valence-corrected chi connectivity index (χ3v) is 5.81. The van der Waals surface area contributed by atoms with Gasteiger partial charge in [0.15, 0.2) is 5.82 Å². The fourth-order valence-electron chi connectivity index (χ4n) is 3.88. The fourth-order valence-corrected chi connectivity index (χ4v) is 3.88. The lowest BCUT2D eigenvalue weighted by molar-refractivity contribution is 0.0958. The Morgan fingerprint density at radius 3 is 2.61 bits per heavy atom. The van der Waals surface area contributed by atoms with Crippen molar-refractivity contribution in [2.24, 2.45) is 0 Å². The summed E-state index contributed by atoms with van der Waals surface area (Å²) in [4.78, 5) is 39.2. The fraction of sp³-hybridized carbons (Fsp3) is 0.364. The molecule has 0 aliphatic carbocycles. The van der Waals surface area contributed by atoms with Crippen LogP contribution in [0.5, 0.6) is 0 Å². The van der Waals surface area contributed by atoms with E-state index in [1.165, 1.54) is 6.07 Å². The Kier molecular flexibility index (Phi) is 5.69. The van der Waals surface area contributed by atoms with Crippen molar-refractivity contribution < 1.29 is 9.18 Å². The molecule has 8 nitrogen and oxygen atoms in total. The SMILES string of the molecule is CNC(=O)c1ccc(N2CCN(Cc3cc(F)c4nc(C)c(=O)[nH]c4c3C)CC2)cn1. The van der Waals surface area contributed by atoms with Gasteiger partial charge in [-0.2, -0.15) is 0 Å². The number of hydrogen-bond acceptors (Lipinski definition) is 6. The van der Waals surface area contributed by atoms with Crippen LogP contribution in [0, 0.1) is 19.7 Å². The monoisotopic (exact) mass is 424 g/mol. The lowest BCUT2D eigenvalue weighted by Gasteiger charge is -2.36. The number of nitrogens with zero attached hydrogens (tertiary/aromatic N) is 4. The molecule has 1 amide bonds. The number of H-pyrrole nitrogens is 1. The minimum absolute atomic E-state index is 0.205. The van der Waals surface area contributed by atoms with Crippen LogP contribution in [0.25, 0.3) is 11.0 Å². The summed E-state index contributed by atoms with van der Waals surface area (Å²) in [5.74, 6) is -0.628. The number of fused-ring (bicyclic) bond motifs is 1. The molecule has 0 spiro atoms. The molecule has 4 rings (SSSR count). The molecule has 2 aromatic heterocycles. The highest BCUT2D eigenvalue weighted by Gasteiger charge is 2.20. The molecule has 9 heteroatoms. The number of pyridine rings is 1. The van der Waals surface area contributed by atoms with Crippen LogP contribution >= 0.6 is 0 Å². The molecular formula is C22H25FN6O2. The van der Waals surface area contributed by atoms with Crippen molar-refractivity contribution in [3.63, 3.8) is 0 Å². The minimum Gasteiger partial charge on any atom is -0.368 e. The molecule has 1 aliphatic rings. The van der Waals surface area contributed by atoms with E-state index in [0.29, 0.717) is 17.8 Å². The van der Waals surface area contributed by atoms with Gasteiger partial charge in [-0.25, -0.2) is 14.4 Å². The summed E-state index contributed by atoms with van der Waals surface area (Å²) in [5.41, 5.74) is 3.68. The standard InChI is InChI=1S/C22H25FN6O2/c1-13-15(10-17(23)20-19(13)27-21(30)14(2)26-20)12-28-6-8-29(9-7-28)16-4-5-18(25-11-16)22(31)24-3/h4-5,10-11H,6-9,12H2,1-3H3,(H,24,31)(H,27,30). The average molecular weight is 424 g/mol. The number of carbonyl (C=O) groups is 1. The second-order valence-electron chi connectivity index (χ2n) is 7.76. The number of rotatable bonds is 4. The van der Waals surface area contributed by atoms with Crippen LogP contribution in [-0.4, -0.2) is 59.0 Å². The molecule has 162 valence electrons. The maximum absolute atomic E-state index is 14.6. The van der Waals surface area contributed by atoms with Crippen molar-refractivity contribution in [2.75, 3.05) is 38.1 Å². The molecule has 0 bridgehead atoms. The Morgan fingerprint density at radius 2 is 1.97 bits per heavy atom. The molecule has 1 saturated heterocycles. The van der Waals surface area contributed by atoms with Crippen LogP contribution in [0.4, 0.5) is 10.1 Å². The minimum atomic E-state index is -0.420. The highest BCUT2D eigenvalue weighted by Crippen LogP contribution is 2.24. The lowest BCUT2D eigenvalue weighted by atomic mass is 10.0. The second-order valence-corrected chi connectivity index (χ2v) is 7.76. The molecule has 0 atom stereocenters. The van der Waals surface area contributed by atoms with Gasteiger partial charge in [0.2, 0.25) is 0 Å². The highest BCUT2D eigenvalue weighted by atomic mass is 19.1. The number of hydrogen-bond donors (Lipinski definition) is 2. The number of aromatic amines is 1.